The molecule has 3 N–H and O–H groups in total. The van der Waals surface area contributed by atoms with Crippen LogP contribution in [0.2, 0.25) is 0 Å². The lowest BCUT2D eigenvalue weighted by molar-refractivity contribution is -0.570. The Kier molecular flexibility index (Phi) is 1.55. The van der Waals surface area contributed by atoms with Crippen molar-refractivity contribution in [2.75, 3.05) is 5.32 Å². The summed E-state index contributed by atoms with van der Waals surface area (Å²) in [6.07, 6.45) is 0. The highest BCUT2D eigenvalue weighted by molar-refractivity contribution is 5.84. The van der Waals surface area contributed by atoms with E-state index in [0.29, 0.717) is 17.8 Å². The standard InChI is InChI=1S/C8H7FN2O/c9-6-2-1-3-7-5(6)4-10-8(12)11-7/h1-3H,4H2,(H2,10,11,12)/p+1. The second kappa shape index (κ2) is 2.57. The first-order valence-corrected chi connectivity index (χ1v) is 3.69. The Morgan fingerprint density at radius 3 is 3.17 bits per heavy atom. The Labute approximate surface area is 68.6 Å². The van der Waals surface area contributed by atoms with Crippen LogP contribution < -0.4 is 10.6 Å². The Bertz CT molecular complexity index is 338. The lowest BCUT2D eigenvalue weighted by Crippen LogP contribution is -2.89. The number of anilines is 1. The number of nitrogens with one attached hydrogen (secondary N) is 1. The number of rotatable bonds is 0. The van der Waals surface area contributed by atoms with Gasteiger partial charge in [-0.1, -0.05) is 6.07 Å². The average Bonchev–Trinajstić information content (AvgIpc) is 2.04. The van der Waals surface area contributed by atoms with Crippen molar-refractivity contribution >= 4 is 11.7 Å². The number of halogens is 1. The van der Waals surface area contributed by atoms with Crippen LogP contribution in [0.4, 0.5) is 14.9 Å². The summed E-state index contributed by atoms with van der Waals surface area (Å²) in [5.74, 6) is -0.260. The molecule has 1 aliphatic rings. The normalized spacial score (nSPS) is 15.2. The largest absolute Gasteiger partial charge is 0.417 e. The van der Waals surface area contributed by atoms with Gasteiger partial charge in [-0.05, 0) is 12.1 Å². The van der Waals surface area contributed by atoms with E-state index >= 15 is 0 Å². The van der Waals surface area contributed by atoms with Crippen molar-refractivity contribution in [2.24, 2.45) is 0 Å². The molecule has 0 saturated carbocycles. The number of urea groups is 1. The van der Waals surface area contributed by atoms with E-state index in [9.17, 15) is 9.18 Å². The molecular weight excluding hydrogens is 159 g/mol. The van der Waals surface area contributed by atoms with E-state index in [-0.39, 0.29) is 11.8 Å². The van der Waals surface area contributed by atoms with Crippen LogP contribution in [-0.4, -0.2) is 6.03 Å². The predicted molar refractivity (Wildman–Crippen MR) is 41.0 cm³/mol. The molecule has 0 aliphatic carbocycles. The second-order valence-corrected chi connectivity index (χ2v) is 2.66. The zero-order valence-electron chi connectivity index (χ0n) is 6.30. The van der Waals surface area contributed by atoms with Crippen LogP contribution in [0.1, 0.15) is 5.56 Å². The first kappa shape index (κ1) is 7.24. The quantitative estimate of drug-likeness (QED) is 0.578. The molecule has 0 fully saturated rings. The van der Waals surface area contributed by atoms with Gasteiger partial charge in [0.2, 0.25) is 0 Å². The van der Waals surface area contributed by atoms with E-state index in [4.69, 9.17) is 0 Å². The fraction of sp³-hybridized carbons (Fsp3) is 0.125. The number of hydrogen-bond acceptors (Lipinski definition) is 1. The summed E-state index contributed by atoms with van der Waals surface area (Å²) in [6, 6.07) is 4.51. The molecule has 1 heterocycles. The third-order valence-electron chi connectivity index (χ3n) is 1.87. The summed E-state index contributed by atoms with van der Waals surface area (Å²) >= 11 is 0. The monoisotopic (exact) mass is 167 g/mol. The zero-order valence-corrected chi connectivity index (χ0v) is 6.30. The minimum absolute atomic E-state index is 0.159. The number of fused-ring (bicyclic) bond motifs is 1. The Hall–Kier alpha value is -1.42. The molecule has 62 valence electrons. The summed E-state index contributed by atoms with van der Waals surface area (Å²) in [6.45, 7) is 0.383. The number of nitrogens with two attached hydrogens (primary N) is 1. The molecule has 0 unspecified atom stereocenters. The summed E-state index contributed by atoms with van der Waals surface area (Å²) in [7, 11) is 0. The van der Waals surface area contributed by atoms with Gasteiger partial charge >= 0.3 is 6.03 Å². The van der Waals surface area contributed by atoms with Gasteiger partial charge < -0.3 is 0 Å². The highest BCUT2D eigenvalue weighted by atomic mass is 19.1. The van der Waals surface area contributed by atoms with Crippen LogP contribution >= 0.6 is 0 Å². The van der Waals surface area contributed by atoms with Gasteiger partial charge in [-0.15, -0.1) is 0 Å². The molecule has 3 nitrogen and oxygen atoms in total. The van der Waals surface area contributed by atoms with Gasteiger partial charge in [0.1, 0.15) is 12.4 Å². The van der Waals surface area contributed by atoms with E-state index in [1.807, 2.05) is 0 Å². The van der Waals surface area contributed by atoms with Crippen molar-refractivity contribution in [3.05, 3.63) is 29.6 Å². The first-order valence-electron chi connectivity index (χ1n) is 3.69. The lowest BCUT2D eigenvalue weighted by Gasteiger charge is -2.13. The number of hydrogen-bond donors (Lipinski definition) is 2. The van der Waals surface area contributed by atoms with Crippen LogP contribution in [-0.2, 0) is 6.54 Å². The second-order valence-electron chi connectivity index (χ2n) is 2.66. The third-order valence-corrected chi connectivity index (χ3v) is 1.87. The summed E-state index contributed by atoms with van der Waals surface area (Å²) in [5, 5.41) is 4.00. The predicted octanol–water partition coefficient (Wildman–Crippen LogP) is 0.435. The number of benzene rings is 1. The Balaban J connectivity index is 2.48. The number of carbonyl (C=O) groups excluding carboxylic acids is 1. The van der Waals surface area contributed by atoms with E-state index in [1.165, 1.54) is 11.4 Å². The SMILES string of the molecule is O=C1Nc2cccc(F)c2C[NH2+]1. The van der Waals surface area contributed by atoms with E-state index < -0.39 is 0 Å². The van der Waals surface area contributed by atoms with Crippen molar-refractivity contribution < 1.29 is 14.5 Å². The van der Waals surface area contributed by atoms with Crippen molar-refractivity contribution in [2.45, 2.75) is 6.54 Å². The van der Waals surface area contributed by atoms with Gasteiger partial charge in [-0.3, -0.25) is 10.6 Å². The van der Waals surface area contributed by atoms with Crippen molar-refractivity contribution in [3.8, 4) is 0 Å². The van der Waals surface area contributed by atoms with Crippen molar-refractivity contribution in [1.82, 2.24) is 0 Å². The number of quaternary nitrogens is 1. The molecule has 0 radical (unpaired) electrons. The molecule has 0 spiro atoms. The van der Waals surface area contributed by atoms with Crippen LogP contribution in [0.15, 0.2) is 18.2 Å². The van der Waals surface area contributed by atoms with Gasteiger partial charge in [0.05, 0.1) is 11.3 Å². The Morgan fingerprint density at radius 2 is 2.33 bits per heavy atom. The molecule has 1 aromatic rings. The van der Waals surface area contributed by atoms with Crippen molar-refractivity contribution in [1.29, 1.82) is 0 Å². The number of amides is 2. The molecule has 2 amide bonds. The highest BCUT2D eigenvalue weighted by Crippen LogP contribution is 2.18. The number of carbonyl (C=O) groups is 1. The van der Waals surface area contributed by atoms with E-state index in [2.05, 4.69) is 5.32 Å². The fourth-order valence-corrected chi connectivity index (χ4v) is 1.26. The lowest BCUT2D eigenvalue weighted by atomic mass is 10.1. The molecule has 2 rings (SSSR count). The third kappa shape index (κ3) is 1.06. The van der Waals surface area contributed by atoms with Crippen LogP contribution in [0.25, 0.3) is 0 Å². The first-order chi connectivity index (χ1) is 5.77. The average molecular weight is 167 g/mol. The smallest absolute Gasteiger partial charge is 0.275 e. The maximum absolute atomic E-state index is 13.0. The van der Waals surface area contributed by atoms with Crippen molar-refractivity contribution in [3.63, 3.8) is 0 Å². The van der Waals surface area contributed by atoms with Crippen LogP contribution in [0.3, 0.4) is 0 Å². The van der Waals surface area contributed by atoms with E-state index in [0.717, 1.165) is 0 Å². The van der Waals surface area contributed by atoms with E-state index in [1.54, 1.807) is 12.1 Å². The maximum atomic E-state index is 13.0. The van der Waals surface area contributed by atoms with Gasteiger partial charge in [0.25, 0.3) is 0 Å². The van der Waals surface area contributed by atoms with Gasteiger partial charge in [-0.25, -0.2) is 9.18 Å². The Morgan fingerprint density at radius 1 is 1.50 bits per heavy atom. The van der Waals surface area contributed by atoms with Gasteiger partial charge in [0, 0.05) is 0 Å². The van der Waals surface area contributed by atoms with Crippen LogP contribution in [0.5, 0.6) is 0 Å². The summed E-state index contributed by atoms with van der Waals surface area (Å²) < 4.78 is 13.0. The minimum atomic E-state index is -0.260. The zero-order chi connectivity index (χ0) is 8.55. The maximum Gasteiger partial charge on any atom is 0.417 e. The van der Waals surface area contributed by atoms with Gasteiger partial charge in [0.15, 0.2) is 0 Å². The molecule has 4 heteroatoms. The molecule has 0 atom stereocenters. The highest BCUT2D eigenvalue weighted by Gasteiger charge is 2.20. The minimum Gasteiger partial charge on any atom is -0.275 e. The summed E-state index contributed by atoms with van der Waals surface area (Å²) in [5.41, 5.74) is 1.15. The molecule has 0 bridgehead atoms. The molecule has 12 heavy (non-hydrogen) atoms. The van der Waals surface area contributed by atoms with Crippen LogP contribution in [0, 0.1) is 5.82 Å². The topological polar surface area (TPSA) is 45.7 Å². The van der Waals surface area contributed by atoms with Gasteiger partial charge in [-0.2, -0.15) is 0 Å². The summed E-state index contributed by atoms with van der Waals surface area (Å²) in [4.78, 5) is 10.8. The molecule has 1 aromatic carbocycles. The number of primary amides is 1. The molecular formula is C8H8FN2O+. The molecule has 0 aromatic heterocycles. The fourth-order valence-electron chi connectivity index (χ4n) is 1.26. The molecule has 1 aliphatic heterocycles. The molecule has 0 saturated heterocycles.